The summed E-state index contributed by atoms with van der Waals surface area (Å²) in [6, 6.07) is 2.71. The molecule has 1 unspecified atom stereocenters. The van der Waals surface area contributed by atoms with E-state index < -0.39 is 12.2 Å². The van der Waals surface area contributed by atoms with Crippen LogP contribution in [-0.2, 0) is 4.79 Å². The molecule has 1 saturated heterocycles. The molecular formula is C19H22F3N5O2. The number of hydrogen-bond acceptors (Lipinski definition) is 5. The Morgan fingerprint density at radius 2 is 2.24 bits per heavy atom. The number of hydrogen-bond donors (Lipinski definition) is 1. The van der Waals surface area contributed by atoms with E-state index in [-0.39, 0.29) is 31.0 Å². The number of alkyl halides is 3. The number of nitrogens with zero attached hydrogens (tertiary/aromatic N) is 4. The van der Waals surface area contributed by atoms with Crippen molar-refractivity contribution < 1.29 is 22.7 Å². The topological polar surface area (TPSA) is 72.3 Å². The highest BCUT2D eigenvalue weighted by Gasteiger charge is 2.46. The zero-order valence-electron chi connectivity index (χ0n) is 15.9. The SMILES string of the molecule is C[C@@H]1C[C@H](C(F)(F)F)n2nc(C3CCCN3C(=O)COc3cccnc3)cc2N1. The Morgan fingerprint density at radius 1 is 1.41 bits per heavy atom. The maximum atomic E-state index is 13.5. The minimum atomic E-state index is -4.38. The van der Waals surface area contributed by atoms with Gasteiger partial charge in [0.1, 0.15) is 11.6 Å². The minimum Gasteiger partial charge on any atom is -0.482 e. The number of aromatic nitrogens is 3. The fourth-order valence-electron chi connectivity index (χ4n) is 3.97. The van der Waals surface area contributed by atoms with E-state index in [1.54, 1.807) is 36.2 Å². The maximum absolute atomic E-state index is 13.5. The molecule has 0 aliphatic carbocycles. The van der Waals surface area contributed by atoms with Gasteiger partial charge in [-0.1, -0.05) is 0 Å². The summed E-state index contributed by atoms with van der Waals surface area (Å²) in [4.78, 5) is 18.2. The monoisotopic (exact) mass is 409 g/mol. The van der Waals surface area contributed by atoms with Crippen molar-refractivity contribution >= 4 is 11.7 Å². The largest absolute Gasteiger partial charge is 0.482 e. The van der Waals surface area contributed by atoms with Crippen LogP contribution in [0.1, 0.15) is 44.0 Å². The summed E-state index contributed by atoms with van der Waals surface area (Å²) in [7, 11) is 0. The van der Waals surface area contributed by atoms with Gasteiger partial charge in [-0.15, -0.1) is 0 Å². The minimum absolute atomic E-state index is 0.0795. The van der Waals surface area contributed by atoms with Crippen molar-refractivity contribution in [2.24, 2.45) is 0 Å². The Labute approximate surface area is 165 Å². The summed E-state index contributed by atoms with van der Waals surface area (Å²) in [6.07, 6.45) is 0.0808. The zero-order valence-corrected chi connectivity index (χ0v) is 15.9. The second-order valence-corrected chi connectivity index (χ2v) is 7.46. The number of likely N-dealkylation sites (tertiary alicyclic amines) is 1. The van der Waals surface area contributed by atoms with E-state index in [0.29, 0.717) is 30.2 Å². The molecule has 3 atom stereocenters. The standard InChI is InChI=1S/C19H22F3N5O2/c1-12-8-16(19(20,21)22)27-17(24-12)9-14(25-27)15-5-3-7-26(15)18(28)11-29-13-4-2-6-23-10-13/h2,4,6,9-10,12,15-16,24H,3,5,7-8,11H2,1H3/t12-,15?,16-/m1/s1. The number of carbonyl (C=O) groups is 1. The average molecular weight is 409 g/mol. The lowest BCUT2D eigenvalue weighted by Crippen LogP contribution is -2.38. The first-order chi connectivity index (χ1) is 13.8. The van der Waals surface area contributed by atoms with Crippen LogP contribution in [0, 0.1) is 0 Å². The Bertz CT molecular complexity index is 870. The second kappa shape index (κ2) is 7.57. The van der Waals surface area contributed by atoms with Gasteiger partial charge < -0.3 is 15.0 Å². The molecule has 4 rings (SSSR count). The molecule has 0 spiro atoms. The Kier molecular flexibility index (Phi) is 5.10. The van der Waals surface area contributed by atoms with Gasteiger partial charge in [0.2, 0.25) is 0 Å². The first kappa shape index (κ1) is 19.5. The third kappa shape index (κ3) is 4.01. The van der Waals surface area contributed by atoms with Crippen LogP contribution in [0.15, 0.2) is 30.6 Å². The van der Waals surface area contributed by atoms with Crippen LogP contribution in [-0.4, -0.2) is 50.9 Å². The molecule has 1 fully saturated rings. The maximum Gasteiger partial charge on any atom is 0.410 e. The highest BCUT2D eigenvalue weighted by Crippen LogP contribution is 2.41. The summed E-state index contributed by atoms with van der Waals surface area (Å²) in [6.45, 7) is 2.08. The molecule has 1 N–H and O–H groups in total. The quantitative estimate of drug-likeness (QED) is 0.839. The molecule has 29 heavy (non-hydrogen) atoms. The molecule has 2 aliphatic heterocycles. The van der Waals surface area contributed by atoms with E-state index in [1.807, 2.05) is 0 Å². The van der Waals surface area contributed by atoms with Crippen molar-refractivity contribution in [1.82, 2.24) is 19.7 Å². The molecule has 2 aromatic rings. The number of fused-ring (bicyclic) bond motifs is 1. The smallest absolute Gasteiger partial charge is 0.410 e. The van der Waals surface area contributed by atoms with Gasteiger partial charge in [-0.3, -0.25) is 9.78 Å². The summed E-state index contributed by atoms with van der Waals surface area (Å²) in [5.74, 6) is 0.600. The number of pyridine rings is 1. The molecule has 10 heteroatoms. The molecule has 1 amide bonds. The van der Waals surface area contributed by atoms with Crippen molar-refractivity contribution in [1.29, 1.82) is 0 Å². The lowest BCUT2D eigenvalue weighted by atomic mass is 10.1. The van der Waals surface area contributed by atoms with Crippen LogP contribution in [0.25, 0.3) is 0 Å². The van der Waals surface area contributed by atoms with E-state index in [9.17, 15) is 18.0 Å². The number of ether oxygens (including phenoxy) is 1. The Hall–Kier alpha value is -2.78. The van der Waals surface area contributed by atoms with Gasteiger partial charge in [-0.2, -0.15) is 18.3 Å². The summed E-state index contributed by atoms with van der Waals surface area (Å²) >= 11 is 0. The van der Waals surface area contributed by atoms with Gasteiger partial charge in [0.25, 0.3) is 5.91 Å². The zero-order chi connectivity index (χ0) is 20.6. The third-order valence-electron chi connectivity index (χ3n) is 5.31. The summed E-state index contributed by atoms with van der Waals surface area (Å²) in [5.41, 5.74) is 0.475. The van der Waals surface area contributed by atoms with Gasteiger partial charge in [-0.05, 0) is 38.3 Å². The van der Waals surface area contributed by atoms with Crippen LogP contribution in [0.3, 0.4) is 0 Å². The number of rotatable bonds is 4. The van der Waals surface area contributed by atoms with Gasteiger partial charge in [0, 0.05) is 24.8 Å². The predicted octanol–water partition coefficient (Wildman–Crippen LogP) is 3.33. The van der Waals surface area contributed by atoms with E-state index in [1.165, 1.54) is 6.20 Å². The van der Waals surface area contributed by atoms with Crippen molar-refractivity contribution in [2.45, 2.75) is 50.5 Å². The van der Waals surface area contributed by atoms with Gasteiger partial charge in [0.05, 0.1) is 17.9 Å². The lowest BCUT2D eigenvalue weighted by Gasteiger charge is -2.31. The number of carbonyl (C=O) groups excluding carboxylic acids is 1. The van der Waals surface area contributed by atoms with Crippen LogP contribution >= 0.6 is 0 Å². The molecule has 156 valence electrons. The molecule has 0 radical (unpaired) electrons. The molecule has 2 aliphatic rings. The average Bonchev–Trinajstić information content (AvgIpc) is 3.32. The van der Waals surface area contributed by atoms with Crippen LogP contribution in [0.2, 0.25) is 0 Å². The van der Waals surface area contributed by atoms with Gasteiger partial charge in [-0.25, -0.2) is 4.68 Å². The van der Waals surface area contributed by atoms with Crippen molar-refractivity contribution in [2.75, 3.05) is 18.5 Å². The van der Waals surface area contributed by atoms with E-state index in [2.05, 4.69) is 15.4 Å². The first-order valence-electron chi connectivity index (χ1n) is 9.58. The summed E-state index contributed by atoms with van der Waals surface area (Å²) in [5, 5.41) is 7.32. The van der Waals surface area contributed by atoms with E-state index in [0.717, 1.165) is 11.1 Å². The molecular weight excluding hydrogens is 387 g/mol. The van der Waals surface area contributed by atoms with Gasteiger partial charge in [0.15, 0.2) is 12.6 Å². The second-order valence-electron chi connectivity index (χ2n) is 7.46. The number of anilines is 1. The molecule has 0 saturated carbocycles. The van der Waals surface area contributed by atoms with Crippen molar-refractivity contribution in [3.63, 3.8) is 0 Å². The van der Waals surface area contributed by atoms with Crippen LogP contribution in [0.4, 0.5) is 19.0 Å². The van der Waals surface area contributed by atoms with Crippen LogP contribution < -0.4 is 10.1 Å². The highest BCUT2D eigenvalue weighted by molar-refractivity contribution is 5.78. The lowest BCUT2D eigenvalue weighted by molar-refractivity contribution is -0.173. The van der Waals surface area contributed by atoms with Crippen molar-refractivity contribution in [3.05, 3.63) is 36.3 Å². The molecule has 0 aromatic carbocycles. The molecule has 4 heterocycles. The fourth-order valence-corrected chi connectivity index (χ4v) is 3.97. The number of nitrogens with one attached hydrogen (secondary N) is 1. The number of amides is 1. The third-order valence-corrected chi connectivity index (χ3v) is 5.31. The van der Waals surface area contributed by atoms with Crippen molar-refractivity contribution in [3.8, 4) is 5.75 Å². The molecule has 2 aromatic heterocycles. The first-order valence-corrected chi connectivity index (χ1v) is 9.58. The summed E-state index contributed by atoms with van der Waals surface area (Å²) < 4.78 is 46.9. The van der Waals surface area contributed by atoms with Gasteiger partial charge >= 0.3 is 6.18 Å². The van der Waals surface area contributed by atoms with E-state index in [4.69, 9.17) is 4.74 Å². The fraction of sp³-hybridized carbons (Fsp3) is 0.526. The normalized spacial score (nSPS) is 24.1. The van der Waals surface area contributed by atoms with E-state index >= 15 is 0 Å². The highest BCUT2D eigenvalue weighted by atomic mass is 19.4. The Balaban J connectivity index is 1.51. The molecule has 0 bridgehead atoms. The Morgan fingerprint density at radius 3 is 2.97 bits per heavy atom. The molecule has 7 nitrogen and oxygen atoms in total. The number of halogens is 3. The van der Waals surface area contributed by atoms with Crippen LogP contribution in [0.5, 0.6) is 5.75 Å². The predicted molar refractivity (Wildman–Crippen MR) is 98.4 cm³/mol.